The summed E-state index contributed by atoms with van der Waals surface area (Å²) < 4.78 is 10.9. The van der Waals surface area contributed by atoms with Crippen molar-refractivity contribution in [2.24, 2.45) is 0 Å². The molecule has 0 spiro atoms. The van der Waals surface area contributed by atoms with Crippen molar-refractivity contribution < 1.29 is 4.42 Å². The number of para-hydroxylation sites is 5. The van der Waals surface area contributed by atoms with Gasteiger partial charge in [-0.05, 0) is 142 Å². The maximum Gasteiger partial charge on any atom is 0.135 e. The van der Waals surface area contributed by atoms with E-state index in [4.69, 9.17) is 4.42 Å². The number of hydrogen-bond acceptors (Lipinski definition) is 2. The first-order valence-electron chi connectivity index (χ1n) is 23.2. The van der Waals surface area contributed by atoms with Gasteiger partial charge in [-0.1, -0.05) is 140 Å². The lowest BCUT2D eigenvalue weighted by Gasteiger charge is -2.26. The van der Waals surface area contributed by atoms with E-state index in [-0.39, 0.29) is 0 Å². The van der Waals surface area contributed by atoms with E-state index in [9.17, 15) is 0 Å². The van der Waals surface area contributed by atoms with E-state index in [2.05, 4.69) is 251 Å². The Morgan fingerprint density at radius 1 is 0.265 bits per heavy atom. The van der Waals surface area contributed by atoms with Crippen LogP contribution in [0.5, 0.6) is 0 Å². The molecule has 0 amide bonds. The normalized spacial score (nSPS) is 11.8. The van der Waals surface area contributed by atoms with E-state index < -0.39 is 0 Å². The molecule has 68 heavy (non-hydrogen) atoms. The lowest BCUT2D eigenvalue weighted by atomic mass is 9.99. The summed E-state index contributed by atoms with van der Waals surface area (Å²) in [5, 5.41) is 9.64. The molecule has 0 bridgehead atoms. The van der Waals surface area contributed by atoms with Crippen molar-refractivity contribution in [2.75, 3.05) is 4.90 Å². The Morgan fingerprint density at radius 2 is 0.721 bits per heavy atom. The molecule has 0 radical (unpaired) electrons. The fraction of sp³-hybridized carbons (Fsp3) is 0. The average Bonchev–Trinajstić information content (AvgIpc) is 4.07. The third kappa shape index (κ3) is 6.08. The van der Waals surface area contributed by atoms with Crippen molar-refractivity contribution >= 4 is 93.4 Å². The van der Waals surface area contributed by atoms with Crippen LogP contribution in [-0.4, -0.2) is 9.13 Å². The number of furan rings is 1. The third-order valence-electron chi connectivity index (χ3n) is 13.9. The van der Waals surface area contributed by atoms with E-state index in [0.29, 0.717) is 0 Å². The van der Waals surface area contributed by atoms with Gasteiger partial charge in [0.1, 0.15) is 11.2 Å². The van der Waals surface area contributed by atoms with Gasteiger partial charge in [0.15, 0.2) is 0 Å². The molecule has 14 aromatic rings. The zero-order chi connectivity index (χ0) is 44.7. The van der Waals surface area contributed by atoms with Crippen LogP contribution in [0.15, 0.2) is 253 Å². The minimum Gasteiger partial charge on any atom is -0.456 e. The first-order chi connectivity index (χ1) is 33.7. The first-order valence-corrected chi connectivity index (χ1v) is 23.2. The maximum absolute atomic E-state index is 6.16. The predicted molar refractivity (Wildman–Crippen MR) is 285 cm³/mol. The van der Waals surface area contributed by atoms with Crippen molar-refractivity contribution in [1.29, 1.82) is 0 Å². The molecule has 318 valence electrons. The van der Waals surface area contributed by atoms with Crippen molar-refractivity contribution in [3.63, 3.8) is 0 Å². The van der Waals surface area contributed by atoms with Crippen LogP contribution in [0.2, 0.25) is 0 Å². The van der Waals surface area contributed by atoms with Gasteiger partial charge in [-0.15, -0.1) is 0 Å². The standard InChI is InChI=1S/C64H41N3O/c1-2-12-48(13-3-1)67-61-20-10-6-16-55(61)56-36-27-47(41-62(56)67)43-22-23-45-39-52(31-26-44(45)38-43)65(49-29-24-42(25-30-49)46-28-37-64-58(40-46)57-17-7-11-21-63(57)68-64)50-32-34-51(35-33-50)66-59-18-8-4-14-53(59)54-15-5-9-19-60(54)66/h1-41H. The van der Waals surface area contributed by atoms with Gasteiger partial charge < -0.3 is 18.5 Å². The zero-order valence-electron chi connectivity index (χ0n) is 36.9. The molecule has 0 aliphatic heterocycles. The topological polar surface area (TPSA) is 26.2 Å². The van der Waals surface area contributed by atoms with Gasteiger partial charge in [-0.3, -0.25) is 0 Å². The molecular weight excluding hydrogens is 827 g/mol. The smallest absolute Gasteiger partial charge is 0.135 e. The summed E-state index contributed by atoms with van der Waals surface area (Å²) in [5.74, 6) is 0. The molecule has 0 aliphatic carbocycles. The highest BCUT2D eigenvalue weighted by Crippen LogP contribution is 2.41. The second-order valence-corrected chi connectivity index (χ2v) is 17.7. The molecule has 0 saturated heterocycles. The van der Waals surface area contributed by atoms with Gasteiger partial charge in [0.05, 0.1) is 22.1 Å². The molecule has 4 heteroatoms. The highest BCUT2D eigenvalue weighted by Gasteiger charge is 2.18. The predicted octanol–water partition coefficient (Wildman–Crippen LogP) is 17.7. The molecule has 4 nitrogen and oxygen atoms in total. The fourth-order valence-corrected chi connectivity index (χ4v) is 10.7. The van der Waals surface area contributed by atoms with Crippen LogP contribution in [0.4, 0.5) is 17.1 Å². The van der Waals surface area contributed by atoms with Crippen molar-refractivity contribution in [1.82, 2.24) is 9.13 Å². The Hall–Kier alpha value is -9.12. The van der Waals surface area contributed by atoms with Gasteiger partial charge in [0.2, 0.25) is 0 Å². The number of fused-ring (bicyclic) bond motifs is 10. The SMILES string of the molecule is c1ccc(-n2c3ccccc3c3ccc(-c4ccc5cc(N(c6ccc(-c7ccc8oc9ccccc9c8c7)cc6)c6ccc(-n7c8ccccc8c8ccccc87)cc6)ccc5c4)cc32)cc1. The lowest BCUT2D eigenvalue weighted by molar-refractivity contribution is 0.669. The molecule has 0 saturated carbocycles. The highest BCUT2D eigenvalue weighted by atomic mass is 16.3. The van der Waals surface area contributed by atoms with Crippen LogP contribution >= 0.6 is 0 Å². The molecule has 0 N–H and O–H groups in total. The number of benzene rings is 11. The Bertz CT molecular complexity index is 4200. The van der Waals surface area contributed by atoms with Gasteiger partial charge in [-0.25, -0.2) is 0 Å². The summed E-state index contributed by atoms with van der Waals surface area (Å²) >= 11 is 0. The van der Waals surface area contributed by atoms with Crippen LogP contribution in [0, 0.1) is 0 Å². The molecule has 0 fully saturated rings. The number of rotatable bonds is 7. The van der Waals surface area contributed by atoms with Crippen LogP contribution in [0.25, 0.3) is 110 Å². The van der Waals surface area contributed by atoms with E-state index >= 15 is 0 Å². The fourth-order valence-electron chi connectivity index (χ4n) is 10.7. The summed E-state index contributed by atoms with van der Waals surface area (Å²) in [7, 11) is 0. The number of nitrogens with zero attached hydrogens (tertiary/aromatic N) is 3. The van der Waals surface area contributed by atoms with Gasteiger partial charge >= 0.3 is 0 Å². The summed E-state index contributed by atoms with van der Waals surface area (Å²) in [6.07, 6.45) is 0. The Morgan fingerprint density at radius 3 is 1.43 bits per heavy atom. The Balaban J connectivity index is 0.865. The number of hydrogen-bond donors (Lipinski definition) is 0. The molecule has 3 aromatic heterocycles. The quantitative estimate of drug-likeness (QED) is 0.160. The summed E-state index contributed by atoms with van der Waals surface area (Å²) in [6, 6.07) is 90.1. The number of anilines is 3. The van der Waals surface area contributed by atoms with Crippen LogP contribution in [-0.2, 0) is 0 Å². The molecule has 0 aliphatic rings. The molecule has 14 rings (SSSR count). The van der Waals surface area contributed by atoms with E-state index in [1.165, 1.54) is 65.5 Å². The monoisotopic (exact) mass is 867 g/mol. The van der Waals surface area contributed by atoms with Crippen molar-refractivity contribution in [3.05, 3.63) is 249 Å². The van der Waals surface area contributed by atoms with E-state index in [1.54, 1.807) is 0 Å². The minimum atomic E-state index is 0.901. The lowest BCUT2D eigenvalue weighted by Crippen LogP contribution is -2.10. The molecule has 0 atom stereocenters. The van der Waals surface area contributed by atoms with Crippen molar-refractivity contribution in [2.45, 2.75) is 0 Å². The highest BCUT2D eigenvalue weighted by molar-refractivity contribution is 6.11. The second kappa shape index (κ2) is 15.2. The molecule has 11 aromatic carbocycles. The first kappa shape index (κ1) is 38.2. The number of aromatic nitrogens is 2. The summed E-state index contributed by atoms with van der Waals surface area (Å²) in [6.45, 7) is 0. The summed E-state index contributed by atoms with van der Waals surface area (Å²) in [5.41, 5.74) is 16.8. The van der Waals surface area contributed by atoms with E-state index in [0.717, 1.165) is 61.5 Å². The maximum atomic E-state index is 6.16. The van der Waals surface area contributed by atoms with Gasteiger partial charge in [0.25, 0.3) is 0 Å². The van der Waals surface area contributed by atoms with Crippen LogP contribution in [0.3, 0.4) is 0 Å². The van der Waals surface area contributed by atoms with Gasteiger partial charge in [0, 0.05) is 60.8 Å². The van der Waals surface area contributed by atoms with Gasteiger partial charge in [-0.2, -0.15) is 0 Å². The molecular formula is C64H41N3O. The van der Waals surface area contributed by atoms with Crippen LogP contribution in [0.1, 0.15) is 0 Å². The second-order valence-electron chi connectivity index (χ2n) is 17.7. The molecule has 0 unspecified atom stereocenters. The molecule has 3 heterocycles. The van der Waals surface area contributed by atoms with E-state index in [1.807, 2.05) is 12.1 Å². The average molecular weight is 868 g/mol. The Labute approximate surface area is 392 Å². The summed E-state index contributed by atoms with van der Waals surface area (Å²) in [4.78, 5) is 2.37. The van der Waals surface area contributed by atoms with Crippen molar-refractivity contribution in [3.8, 4) is 33.6 Å². The largest absolute Gasteiger partial charge is 0.456 e. The zero-order valence-corrected chi connectivity index (χ0v) is 36.9. The van der Waals surface area contributed by atoms with Crippen LogP contribution < -0.4 is 4.90 Å². The Kier molecular flexibility index (Phi) is 8.55. The third-order valence-corrected chi connectivity index (χ3v) is 13.9. The minimum absolute atomic E-state index is 0.901.